The molecular formula is C20H26O3. The maximum atomic E-state index is 11.6. The molecule has 0 spiro atoms. The highest BCUT2D eigenvalue weighted by atomic mass is 16.5. The van der Waals surface area contributed by atoms with Crippen LogP contribution in [0.2, 0.25) is 0 Å². The van der Waals surface area contributed by atoms with Gasteiger partial charge >= 0.3 is 5.97 Å². The number of ketones is 1. The Morgan fingerprint density at radius 1 is 1.22 bits per heavy atom. The molecule has 0 aromatic rings. The molecule has 6 atom stereocenters. The molecule has 0 aliphatic heterocycles. The molecule has 4 aliphatic carbocycles. The number of ether oxygens (including phenoxy) is 1. The van der Waals surface area contributed by atoms with Crippen molar-refractivity contribution in [3.05, 3.63) is 23.8 Å². The van der Waals surface area contributed by atoms with Crippen molar-refractivity contribution in [3.8, 4) is 0 Å². The van der Waals surface area contributed by atoms with E-state index in [1.165, 1.54) is 31.8 Å². The molecular weight excluding hydrogens is 288 g/mol. The first-order chi connectivity index (χ1) is 11.0. The van der Waals surface area contributed by atoms with Crippen LogP contribution in [0.25, 0.3) is 0 Å². The van der Waals surface area contributed by atoms with Crippen LogP contribution in [0, 0.1) is 29.1 Å². The first-order valence-corrected chi connectivity index (χ1v) is 9.09. The van der Waals surface area contributed by atoms with Crippen molar-refractivity contribution >= 4 is 11.8 Å². The van der Waals surface area contributed by atoms with Crippen molar-refractivity contribution in [2.24, 2.45) is 29.1 Å². The van der Waals surface area contributed by atoms with Crippen molar-refractivity contribution in [3.63, 3.8) is 0 Å². The lowest BCUT2D eigenvalue weighted by Gasteiger charge is -2.52. The summed E-state index contributed by atoms with van der Waals surface area (Å²) in [4.78, 5) is 23.1. The van der Waals surface area contributed by atoms with Gasteiger partial charge in [-0.15, -0.1) is 0 Å². The Balaban J connectivity index is 1.58. The zero-order valence-electron chi connectivity index (χ0n) is 14.1. The molecule has 3 heteroatoms. The monoisotopic (exact) mass is 314 g/mol. The van der Waals surface area contributed by atoms with Crippen LogP contribution < -0.4 is 0 Å². The molecule has 4 rings (SSSR count). The maximum absolute atomic E-state index is 11.6. The number of esters is 1. The molecule has 3 fully saturated rings. The molecule has 0 amide bonds. The van der Waals surface area contributed by atoms with Gasteiger partial charge in [-0.25, -0.2) is 0 Å². The normalized spacial score (nSPS) is 44.9. The first kappa shape index (κ1) is 15.2. The minimum Gasteiger partial charge on any atom is -0.462 e. The van der Waals surface area contributed by atoms with Crippen LogP contribution in [0.5, 0.6) is 0 Å². The standard InChI is InChI=1S/C20H26O3/c1-12(21)23-19-8-7-18-17-5-3-13-11-14(22)4-6-15(13)16(17)9-10-20(18,19)2/h4,6,11,15-19H,3,5,7-10H2,1-2H3. The molecule has 0 N–H and O–H groups in total. The predicted octanol–water partition coefficient (Wildman–Crippen LogP) is 3.84. The number of fused-ring (bicyclic) bond motifs is 5. The van der Waals surface area contributed by atoms with Crippen LogP contribution in [0.4, 0.5) is 0 Å². The largest absolute Gasteiger partial charge is 0.462 e. The lowest BCUT2D eigenvalue weighted by atomic mass is 9.53. The van der Waals surface area contributed by atoms with E-state index in [4.69, 9.17) is 4.74 Å². The third-order valence-corrected chi connectivity index (χ3v) is 7.17. The SMILES string of the molecule is CC(=O)OC1CCC2C3CCC4=CC(=O)C=CC4C3CCC12C. The van der Waals surface area contributed by atoms with Gasteiger partial charge < -0.3 is 4.74 Å². The summed E-state index contributed by atoms with van der Waals surface area (Å²) < 4.78 is 5.68. The predicted molar refractivity (Wildman–Crippen MR) is 87.6 cm³/mol. The summed E-state index contributed by atoms with van der Waals surface area (Å²) >= 11 is 0. The van der Waals surface area contributed by atoms with Gasteiger partial charge in [0.25, 0.3) is 0 Å². The Labute approximate surface area is 138 Å². The van der Waals surface area contributed by atoms with E-state index in [1.807, 2.05) is 6.08 Å². The Morgan fingerprint density at radius 2 is 2.04 bits per heavy atom. The summed E-state index contributed by atoms with van der Waals surface area (Å²) in [6.07, 6.45) is 12.7. The molecule has 4 aliphatic rings. The third kappa shape index (κ3) is 2.31. The first-order valence-electron chi connectivity index (χ1n) is 9.09. The molecule has 0 saturated heterocycles. The molecule has 0 bridgehead atoms. The molecule has 6 unspecified atom stereocenters. The number of hydrogen-bond donors (Lipinski definition) is 0. The molecule has 0 aromatic carbocycles. The number of carbonyl (C=O) groups is 2. The lowest BCUT2D eigenvalue weighted by Crippen LogP contribution is -2.47. The average molecular weight is 314 g/mol. The Hall–Kier alpha value is -1.38. The minimum absolute atomic E-state index is 0.103. The van der Waals surface area contributed by atoms with E-state index < -0.39 is 0 Å². The lowest BCUT2D eigenvalue weighted by molar-refractivity contribution is -0.155. The Morgan fingerprint density at radius 3 is 2.83 bits per heavy atom. The molecule has 23 heavy (non-hydrogen) atoms. The fraction of sp³-hybridized carbons (Fsp3) is 0.700. The molecule has 3 saturated carbocycles. The molecule has 0 radical (unpaired) electrons. The minimum atomic E-state index is -0.137. The summed E-state index contributed by atoms with van der Waals surface area (Å²) in [6, 6.07) is 0. The number of allylic oxidation sites excluding steroid dienone is 4. The average Bonchev–Trinajstić information content (AvgIpc) is 2.83. The van der Waals surface area contributed by atoms with Crippen molar-refractivity contribution in [2.75, 3.05) is 0 Å². The van der Waals surface area contributed by atoms with Gasteiger partial charge in [-0.2, -0.15) is 0 Å². The molecule has 0 aromatic heterocycles. The van der Waals surface area contributed by atoms with Crippen molar-refractivity contribution < 1.29 is 14.3 Å². The van der Waals surface area contributed by atoms with Crippen molar-refractivity contribution in [1.29, 1.82) is 0 Å². The van der Waals surface area contributed by atoms with Crippen LogP contribution in [0.15, 0.2) is 23.8 Å². The smallest absolute Gasteiger partial charge is 0.302 e. The van der Waals surface area contributed by atoms with Crippen LogP contribution in [-0.2, 0) is 14.3 Å². The fourth-order valence-electron chi connectivity index (χ4n) is 6.16. The molecule has 0 heterocycles. The van der Waals surface area contributed by atoms with Crippen molar-refractivity contribution in [1.82, 2.24) is 0 Å². The maximum Gasteiger partial charge on any atom is 0.302 e. The fourth-order valence-corrected chi connectivity index (χ4v) is 6.16. The van der Waals surface area contributed by atoms with Gasteiger partial charge in [0, 0.05) is 18.3 Å². The molecule has 124 valence electrons. The van der Waals surface area contributed by atoms with Gasteiger partial charge in [-0.3, -0.25) is 9.59 Å². The quantitative estimate of drug-likeness (QED) is 0.691. The highest BCUT2D eigenvalue weighted by molar-refractivity contribution is 6.00. The van der Waals surface area contributed by atoms with E-state index in [2.05, 4.69) is 13.0 Å². The number of rotatable bonds is 1. The van der Waals surface area contributed by atoms with Gasteiger partial charge in [0.05, 0.1) is 0 Å². The summed E-state index contributed by atoms with van der Waals surface area (Å²) in [5.41, 5.74) is 1.51. The van der Waals surface area contributed by atoms with Gasteiger partial charge in [0.15, 0.2) is 5.78 Å². The van der Waals surface area contributed by atoms with E-state index in [0.717, 1.165) is 19.3 Å². The third-order valence-electron chi connectivity index (χ3n) is 7.17. The zero-order chi connectivity index (χ0) is 16.2. The van der Waals surface area contributed by atoms with Crippen molar-refractivity contribution in [2.45, 2.75) is 58.5 Å². The van der Waals surface area contributed by atoms with Crippen LogP contribution in [0.1, 0.15) is 52.4 Å². The van der Waals surface area contributed by atoms with Gasteiger partial charge in [-0.05, 0) is 68.4 Å². The Kier molecular flexibility index (Phi) is 3.51. The Bertz CT molecular complexity index is 602. The van der Waals surface area contributed by atoms with Gasteiger partial charge in [-0.1, -0.05) is 18.6 Å². The second-order valence-corrected chi connectivity index (χ2v) is 8.20. The van der Waals surface area contributed by atoms with Crippen LogP contribution in [-0.4, -0.2) is 17.9 Å². The number of carbonyl (C=O) groups excluding carboxylic acids is 2. The van der Waals surface area contributed by atoms with Gasteiger partial charge in [0.2, 0.25) is 0 Å². The van der Waals surface area contributed by atoms with Crippen LogP contribution in [0.3, 0.4) is 0 Å². The topological polar surface area (TPSA) is 43.4 Å². The molecule has 3 nitrogen and oxygen atoms in total. The summed E-state index contributed by atoms with van der Waals surface area (Å²) in [7, 11) is 0. The van der Waals surface area contributed by atoms with E-state index in [1.54, 1.807) is 6.08 Å². The van der Waals surface area contributed by atoms with Crippen LogP contribution >= 0.6 is 0 Å². The van der Waals surface area contributed by atoms with E-state index >= 15 is 0 Å². The summed E-state index contributed by atoms with van der Waals surface area (Å²) in [5.74, 6) is 2.55. The second-order valence-electron chi connectivity index (χ2n) is 8.20. The highest BCUT2D eigenvalue weighted by Crippen LogP contribution is 2.61. The van der Waals surface area contributed by atoms with Gasteiger partial charge in [0.1, 0.15) is 6.10 Å². The second kappa shape index (κ2) is 5.32. The summed E-state index contributed by atoms with van der Waals surface area (Å²) in [6.45, 7) is 3.88. The number of hydrogen-bond acceptors (Lipinski definition) is 3. The van der Waals surface area contributed by atoms with E-state index in [0.29, 0.717) is 23.7 Å². The summed E-state index contributed by atoms with van der Waals surface area (Å²) in [5, 5.41) is 0. The highest BCUT2D eigenvalue weighted by Gasteiger charge is 2.57. The van der Waals surface area contributed by atoms with E-state index in [-0.39, 0.29) is 23.3 Å². The zero-order valence-corrected chi connectivity index (χ0v) is 14.1. The van der Waals surface area contributed by atoms with E-state index in [9.17, 15) is 9.59 Å².